The van der Waals surface area contributed by atoms with Gasteiger partial charge in [-0.25, -0.2) is 4.79 Å². The zero-order valence-electron chi connectivity index (χ0n) is 19.9. The number of aromatic nitrogens is 3. The van der Waals surface area contributed by atoms with Crippen molar-refractivity contribution < 1.29 is 5.11 Å². The molecule has 2 N–H and O–H groups in total. The molecule has 1 aliphatic rings. The molecule has 1 atom stereocenters. The summed E-state index contributed by atoms with van der Waals surface area (Å²) in [5.41, 5.74) is 5.21. The Balaban J connectivity index is 1.87. The van der Waals surface area contributed by atoms with Crippen molar-refractivity contribution in [2.24, 2.45) is 14.1 Å². The van der Waals surface area contributed by atoms with Crippen molar-refractivity contribution in [1.82, 2.24) is 13.7 Å². The summed E-state index contributed by atoms with van der Waals surface area (Å²) < 4.78 is 4.68. The highest BCUT2D eigenvalue weighted by molar-refractivity contribution is 6.30. The van der Waals surface area contributed by atoms with Gasteiger partial charge in [0.15, 0.2) is 0 Å². The van der Waals surface area contributed by atoms with Crippen LogP contribution in [-0.4, -0.2) is 18.8 Å². The first-order valence-electron chi connectivity index (χ1n) is 11.5. The molecule has 7 nitrogen and oxygen atoms in total. The molecular weight excluding hydrogens is 476 g/mol. The minimum Gasteiger partial charge on any atom is -0.508 e. The highest BCUT2D eigenvalue weighted by Gasteiger charge is 2.35. The number of hydrogen-bond acceptors (Lipinski definition) is 4. The highest BCUT2D eigenvalue weighted by atomic mass is 35.5. The van der Waals surface area contributed by atoms with Gasteiger partial charge in [0.05, 0.1) is 39.7 Å². The molecule has 180 valence electrons. The van der Waals surface area contributed by atoms with Crippen molar-refractivity contribution in [3.05, 3.63) is 109 Å². The van der Waals surface area contributed by atoms with Crippen LogP contribution in [0.5, 0.6) is 5.75 Å². The second kappa shape index (κ2) is 7.90. The van der Waals surface area contributed by atoms with Gasteiger partial charge in [-0.2, -0.15) is 0 Å². The SMILES string of the molecule is Cc1ccc(-c2c3c(=O)n(C)c(=O)n(C)c3c3n2-c2ccccc2N[C@@H]3c2cc(Cl)ccc2O)cc1. The van der Waals surface area contributed by atoms with Gasteiger partial charge in [0.2, 0.25) is 0 Å². The van der Waals surface area contributed by atoms with Crippen LogP contribution in [0.2, 0.25) is 5.02 Å². The highest BCUT2D eigenvalue weighted by Crippen LogP contribution is 2.47. The van der Waals surface area contributed by atoms with E-state index in [-0.39, 0.29) is 11.3 Å². The topological polar surface area (TPSA) is 81.2 Å². The molecule has 0 fully saturated rings. The standard InChI is InChI=1S/C28H23ClN4O3/c1-15-8-10-16(11-9-15)24-22-25(31(2)28(36)32(3)27(22)35)26-23(18-14-17(29)12-13-21(18)34)30-19-6-4-5-7-20(19)33(24)26/h4-14,23,30,34H,1-3H3/t23-/m1/s1. The van der Waals surface area contributed by atoms with Crippen LogP contribution in [0.25, 0.3) is 27.8 Å². The number of anilines is 1. The fourth-order valence-electron chi connectivity index (χ4n) is 5.19. The molecule has 3 aromatic carbocycles. The number of rotatable bonds is 2. The van der Waals surface area contributed by atoms with Gasteiger partial charge < -0.3 is 15.0 Å². The van der Waals surface area contributed by atoms with Crippen molar-refractivity contribution in [2.45, 2.75) is 13.0 Å². The second-order valence-electron chi connectivity index (χ2n) is 9.16. The summed E-state index contributed by atoms with van der Waals surface area (Å²) in [4.78, 5) is 26.8. The zero-order valence-corrected chi connectivity index (χ0v) is 20.7. The average molecular weight is 499 g/mol. The van der Waals surface area contributed by atoms with Crippen LogP contribution in [0, 0.1) is 6.92 Å². The van der Waals surface area contributed by atoms with E-state index in [4.69, 9.17) is 11.6 Å². The first-order chi connectivity index (χ1) is 17.3. The van der Waals surface area contributed by atoms with E-state index < -0.39 is 11.7 Å². The van der Waals surface area contributed by atoms with Crippen molar-refractivity contribution in [3.63, 3.8) is 0 Å². The lowest BCUT2D eigenvalue weighted by Gasteiger charge is -2.31. The summed E-state index contributed by atoms with van der Waals surface area (Å²) in [5, 5.41) is 15.3. The third-order valence-corrected chi connectivity index (χ3v) is 7.19. The molecule has 8 heteroatoms. The van der Waals surface area contributed by atoms with E-state index in [1.54, 1.807) is 25.2 Å². The Morgan fingerprint density at radius 1 is 0.944 bits per heavy atom. The normalized spacial score (nSPS) is 14.4. The molecule has 0 saturated carbocycles. The second-order valence-corrected chi connectivity index (χ2v) is 9.60. The number of nitrogens with one attached hydrogen (secondary N) is 1. The number of aryl methyl sites for hydroxylation is 2. The quantitative estimate of drug-likeness (QED) is 0.363. The van der Waals surface area contributed by atoms with E-state index in [2.05, 4.69) is 5.32 Å². The summed E-state index contributed by atoms with van der Waals surface area (Å²) in [5.74, 6) is 0.0582. The molecule has 5 aromatic rings. The van der Waals surface area contributed by atoms with Crippen LogP contribution in [0.1, 0.15) is 22.9 Å². The Hall–Kier alpha value is -4.23. The number of fused-ring (bicyclic) bond motifs is 5. The van der Waals surface area contributed by atoms with Crippen LogP contribution >= 0.6 is 11.6 Å². The number of hydrogen-bond donors (Lipinski definition) is 2. The maximum absolute atomic E-state index is 13.7. The Morgan fingerprint density at radius 2 is 1.67 bits per heavy atom. The van der Waals surface area contributed by atoms with Crippen molar-refractivity contribution >= 4 is 28.2 Å². The number of para-hydroxylation sites is 2. The molecular formula is C28H23ClN4O3. The van der Waals surface area contributed by atoms with Crippen LogP contribution in [0.4, 0.5) is 5.69 Å². The molecule has 0 radical (unpaired) electrons. The minimum atomic E-state index is -0.585. The predicted octanol–water partition coefficient (Wildman–Crippen LogP) is 4.88. The van der Waals surface area contributed by atoms with E-state index in [0.29, 0.717) is 32.9 Å². The number of halogens is 1. The Labute approximate surface area is 211 Å². The van der Waals surface area contributed by atoms with Gasteiger partial charge in [0.1, 0.15) is 5.75 Å². The molecule has 0 amide bonds. The monoisotopic (exact) mass is 498 g/mol. The minimum absolute atomic E-state index is 0.0582. The summed E-state index contributed by atoms with van der Waals surface area (Å²) in [6.07, 6.45) is 0. The third kappa shape index (κ3) is 3.06. The molecule has 0 bridgehead atoms. The summed E-state index contributed by atoms with van der Waals surface area (Å²) >= 11 is 6.35. The van der Waals surface area contributed by atoms with Gasteiger partial charge in [-0.05, 0) is 42.8 Å². The summed E-state index contributed by atoms with van der Waals surface area (Å²) in [7, 11) is 3.16. The molecule has 0 saturated heterocycles. The number of aromatic hydroxyl groups is 1. The summed E-state index contributed by atoms with van der Waals surface area (Å²) in [6.45, 7) is 2.01. The number of benzene rings is 3. The van der Waals surface area contributed by atoms with E-state index >= 15 is 0 Å². The van der Waals surface area contributed by atoms with Crippen molar-refractivity contribution in [1.29, 1.82) is 0 Å². The van der Waals surface area contributed by atoms with Crippen LogP contribution < -0.4 is 16.6 Å². The van der Waals surface area contributed by atoms with Crippen LogP contribution in [0.3, 0.4) is 0 Å². The van der Waals surface area contributed by atoms with Gasteiger partial charge in [0.25, 0.3) is 5.56 Å². The van der Waals surface area contributed by atoms with Gasteiger partial charge in [-0.15, -0.1) is 0 Å². The average Bonchev–Trinajstić information content (AvgIpc) is 3.24. The maximum atomic E-state index is 13.7. The summed E-state index contributed by atoms with van der Waals surface area (Å²) in [6, 6.07) is 20.0. The van der Waals surface area contributed by atoms with Crippen molar-refractivity contribution in [2.75, 3.05) is 5.32 Å². The Bertz CT molecular complexity index is 1810. The van der Waals surface area contributed by atoms with Gasteiger partial charge in [0, 0.05) is 24.7 Å². The van der Waals surface area contributed by atoms with Crippen molar-refractivity contribution in [3.8, 4) is 22.7 Å². The van der Waals surface area contributed by atoms with E-state index in [1.165, 1.54) is 11.6 Å². The lowest BCUT2D eigenvalue weighted by molar-refractivity contribution is 0.466. The maximum Gasteiger partial charge on any atom is 0.331 e. The first kappa shape index (κ1) is 22.2. The lowest BCUT2D eigenvalue weighted by Crippen LogP contribution is -2.37. The predicted molar refractivity (Wildman–Crippen MR) is 143 cm³/mol. The smallest absolute Gasteiger partial charge is 0.331 e. The molecule has 0 spiro atoms. The molecule has 36 heavy (non-hydrogen) atoms. The lowest BCUT2D eigenvalue weighted by atomic mass is 9.98. The molecule has 0 aliphatic carbocycles. The molecule has 1 aliphatic heterocycles. The number of phenols is 1. The van der Waals surface area contributed by atoms with Crippen LogP contribution in [-0.2, 0) is 14.1 Å². The third-order valence-electron chi connectivity index (χ3n) is 6.95. The Morgan fingerprint density at radius 3 is 2.42 bits per heavy atom. The molecule has 3 heterocycles. The van der Waals surface area contributed by atoms with Gasteiger partial charge in [-0.3, -0.25) is 13.9 Å². The van der Waals surface area contributed by atoms with E-state index in [9.17, 15) is 14.7 Å². The van der Waals surface area contributed by atoms with E-state index in [1.807, 2.05) is 60.0 Å². The fraction of sp³-hybridized carbons (Fsp3) is 0.143. The van der Waals surface area contributed by atoms with Gasteiger partial charge in [-0.1, -0.05) is 53.6 Å². The fourth-order valence-corrected chi connectivity index (χ4v) is 5.37. The largest absolute Gasteiger partial charge is 0.508 e. The molecule has 0 unspecified atom stereocenters. The number of phenolic OH excluding ortho intramolecular Hbond substituents is 1. The molecule has 6 rings (SSSR count). The van der Waals surface area contributed by atoms with E-state index in [0.717, 1.165) is 27.1 Å². The molecule has 2 aromatic heterocycles. The first-order valence-corrected chi connectivity index (χ1v) is 11.9. The van der Waals surface area contributed by atoms with Gasteiger partial charge >= 0.3 is 5.69 Å². The zero-order chi connectivity index (χ0) is 25.3. The Kier molecular flexibility index (Phi) is 4.88. The van der Waals surface area contributed by atoms with Crippen LogP contribution in [0.15, 0.2) is 76.3 Å². The number of nitrogens with zero attached hydrogens (tertiary/aromatic N) is 3.